The van der Waals surface area contributed by atoms with Crippen molar-refractivity contribution in [2.75, 3.05) is 52.4 Å². The van der Waals surface area contributed by atoms with E-state index in [1.54, 1.807) is 0 Å². The van der Waals surface area contributed by atoms with Gasteiger partial charge in [-0.25, -0.2) is 4.79 Å². The number of hydrogen-bond donors (Lipinski definition) is 2. The van der Waals surface area contributed by atoms with Crippen molar-refractivity contribution in [3.8, 4) is 0 Å². The smallest absolute Gasteiger partial charge is 0.317 e. The molecule has 2 aliphatic heterocycles. The summed E-state index contributed by atoms with van der Waals surface area (Å²) < 4.78 is 0. The normalized spacial score (nSPS) is 21.9. The van der Waals surface area contributed by atoms with Gasteiger partial charge in [-0.3, -0.25) is 0 Å². The zero-order chi connectivity index (χ0) is 13.5. The van der Waals surface area contributed by atoms with E-state index in [1.807, 2.05) is 4.90 Å². The van der Waals surface area contributed by atoms with Crippen LogP contribution in [0.2, 0.25) is 0 Å². The van der Waals surface area contributed by atoms with Gasteiger partial charge < -0.3 is 20.4 Å². The molecule has 0 bridgehead atoms. The van der Waals surface area contributed by atoms with Crippen molar-refractivity contribution in [3.05, 3.63) is 0 Å². The van der Waals surface area contributed by atoms with Gasteiger partial charge in [-0.2, -0.15) is 0 Å². The van der Waals surface area contributed by atoms with Crippen LogP contribution in [0.4, 0.5) is 4.79 Å². The Morgan fingerprint density at radius 2 is 2.05 bits per heavy atom. The fourth-order valence-electron chi connectivity index (χ4n) is 2.88. The van der Waals surface area contributed by atoms with Crippen LogP contribution in [0.15, 0.2) is 0 Å². The maximum atomic E-state index is 11.4. The SMILES string of the molecule is CCCNCC1CCN(CCN2CCNC2=O)CC1. The Morgan fingerprint density at radius 3 is 2.68 bits per heavy atom. The van der Waals surface area contributed by atoms with E-state index in [0.29, 0.717) is 0 Å². The third-order valence-electron chi connectivity index (χ3n) is 4.20. The monoisotopic (exact) mass is 268 g/mol. The first-order chi connectivity index (χ1) is 9.29. The molecule has 0 unspecified atom stereocenters. The summed E-state index contributed by atoms with van der Waals surface area (Å²) >= 11 is 0. The molecule has 0 aliphatic carbocycles. The Morgan fingerprint density at radius 1 is 1.26 bits per heavy atom. The van der Waals surface area contributed by atoms with Gasteiger partial charge in [0.2, 0.25) is 0 Å². The van der Waals surface area contributed by atoms with Crippen LogP contribution >= 0.6 is 0 Å². The predicted molar refractivity (Wildman–Crippen MR) is 77.3 cm³/mol. The van der Waals surface area contributed by atoms with Gasteiger partial charge in [0.15, 0.2) is 0 Å². The number of piperidine rings is 1. The van der Waals surface area contributed by atoms with Gasteiger partial charge in [0, 0.05) is 26.2 Å². The van der Waals surface area contributed by atoms with E-state index >= 15 is 0 Å². The molecule has 0 saturated carbocycles. The minimum Gasteiger partial charge on any atom is -0.336 e. The van der Waals surface area contributed by atoms with E-state index in [9.17, 15) is 4.79 Å². The first-order valence-corrected chi connectivity index (χ1v) is 7.75. The summed E-state index contributed by atoms with van der Waals surface area (Å²) in [6, 6.07) is 0.110. The van der Waals surface area contributed by atoms with E-state index in [1.165, 1.54) is 38.9 Å². The quantitative estimate of drug-likeness (QED) is 0.669. The van der Waals surface area contributed by atoms with Gasteiger partial charge >= 0.3 is 6.03 Å². The molecule has 19 heavy (non-hydrogen) atoms. The summed E-state index contributed by atoms with van der Waals surface area (Å²) in [5.41, 5.74) is 0. The molecule has 5 nitrogen and oxygen atoms in total. The Hall–Kier alpha value is -0.810. The van der Waals surface area contributed by atoms with Gasteiger partial charge in [-0.1, -0.05) is 6.92 Å². The molecule has 2 aliphatic rings. The topological polar surface area (TPSA) is 47.6 Å². The summed E-state index contributed by atoms with van der Waals surface area (Å²) in [6.07, 6.45) is 3.81. The van der Waals surface area contributed by atoms with Crippen LogP contribution < -0.4 is 10.6 Å². The van der Waals surface area contributed by atoms with Crippen LogP contribution in [0.25, 0.3) is 0 Å². The highest BCUT2D eigenvalue weighted by Gasteiger charge is 2.22. The zero-order valence-electron chi connectivity index (χ0n) is 12.2. The molecule has 2 amide bonds. The van der Waals surface area contributed by atoms with Crippen molar-refractivity contribution >= 4 is 6.03 Å². The van der Waals surface area contributed by atoms with E-state index in [-0.39, 0.29) is 6.03 Å². The maximum absolute atomic E-state index is 11.4. The first-order valence-electron chi connectivity index (χ1n) is 7.75. The number of rotatable bonds is 7. The van der Waals surface area contributed by atoms with Gasteiger partial charge in [-0.05, 0) is 51.4 Å². The summed E-state index contributed by atoms with van der Waals surface area (Å²) in [6.45, 7) is 10.5. The number of nitrogens with zero attached hydrogens (tertiary/aromatic N) is 2. The van der Waals surface area contributed by atoms with Gasteiger partial charge in [-0.15, -0.1) is 0 Å². The van der Waals surface area contributed by atoms with Crippen molar-refractivity contribution in [3.63, 3.8) is 0 Å². The molecule has 2 rings (SSSR count). The molecule has 0 aromatic carbocycles. The van der Waals surface area contributed by atoms with Crippen molar-refractivity contribution in [1.29, 1.82) is 0 Å². The molecular weight excluding hydrogens is 240 g/mol. The van der Waals surface area contributed by atoms with Crippen LogP contribution in [-0.4, -0.2) is 68.2 Å². The summed E-state index contributed by atoms with van der Waals surface area (Å²) in [5, 5.41) is 6.38. The average molecular weight is 268 g/mol. The Kier molecular flexibility index (Phi) is 5.92. The second-order valence-corrected chi connectivity index (χ2v) is 5.71. The second kappa shape index (κ2) is 7.70. The fraction of sp³-hybridized carbons (Fsp3) is 0.929. The Labute approximate surface area is 116 Å². The lowest BCUT2D eigenvalue weighted by Gasteiger charge is -2.32. The van der Waals surface area contributed by atoms with E-state index in [0.717, 1.165) is 38.6 Å². The first kappa shape index (κ1) is 14.6. The average Bonchev–Trinajstić information content (AvgIpc) is 2.84. The van der Waals surface area contributed by atoms with Crippen molar-refractivity contribution in [1.82, 2.24) is 20.4 Å². The lowest BCUT2D eigenvalue weighted by Crippen LogP contribution is -2.42. The molecule has 0 aromatic rings. The number of carbonyl (C=O) groups excluding carboxylic acids is 1. The summed E-state index contributed by atoms with van der Waals surface area (Å²) in [5.74, 6) is 0.845. The van der Waals surface area contributed by atoms with Crippen LogP contribution in [0, 0.1) is 5.92 Å². The highest BCUT2D eigenvalue weighted by Crippen LogP contribution is 2.16. The van der Waals surface area contributed by atoms with Crippen molar-refractivity contribution in [2.24, 2.45) is 5.92 Å². The molecule has 5 heteroatoms. The number of carbonyl (C=O) groups is 1. The molecule has 2 saturated heterocycles. The highest BCUT2D eigenvalue weighted by molar-refractivity contribution is 5.76. The van der Waals surface area contributed by atoms with Crippen molar-refractivity contribution in [2.45, 2.75) is 26.2 Å². The van der Waals surface area contributed by atoms with Crippen LogP contribution in [0.5, 0.6) is 0 Å². The molecule has 0 aromatic heterocycles. The number of likely N-dealkylation sites (tertiary alicyclic amines) is 1. The molecule has 0 atom stereocenters. The van der Waals surface area contributed by atoms with E-state index in [4.69, 9.17) is 0 Å². The molecule has 2 heterocycles. The zero-order valence-corrected chi connectivity index (χ0v) is 12.2. The Bertz CT molecular complexity index is 277. The lowest BCUT2D eigenvalue weighted by molar-refractivity contribution is 0.163. The fourth-order valence-corrected chi connectivity index (χ4v) is 2.88. The predicted octanol–water partition coefficient (Wildman–Crippen LogP) is 0.723. The van der Waals surface area contributed by atoms with Gasteiger partial charge in [0.05, 0.1) is 0 Å². The van der Waals surface area contributed by atoms with Crippen LogP contribution in [-0.2, 0) is 0 Å². The summed E-state index contributed by atoms with van der Waals surface area (Å²) in [4.78, 5) is 15.9. The molecule has 0 radical (unpaired) electrons. The van der Waals surface area contributed by atoms with E-state index in [2.05, 4.69) is 22.5 Å². The second-order valence-electron chi connectivity index (χ2n) is 5.71. The lowest BCUT2D eigenvalue weighted by atomic mass is 9.97. The molecule has 2 N–H and O–H groups in total. The minimum atomic E-state index is 0.110. The van der Waals surface area contributed by atoms with Gasteiger partial charge in [0.1, 0.15) is 0 Å². The number of hydrogen-bond acceptors (Lipinski definition) is 3. The van der Waals surface area contributed by atoms with Crippen LogP contribution in [0.1, 0.15) is 26.2 Å². The molecule has 0 spiro atoms. The van der Waals surface area contributed by atoms with Crippen LogP contribution in [0.3, 0.4) is 0 Å². The molecular formula is C14H28N4O. The van der Waals surface area contributed by atoms with Crippen molar-refractivity contribution < 1.29 is 4.79 Å². The number of urea groups is 1. The molecule has 2 fully saturated rings. The highest BCUT2D eigenvalue weighted by atomic mass is 16.2. The number of amides is 2. The minimum absolute atomic E-state index is 0.110. The Balaban J connectivity index is 1.57. The largest absolute Gasteiger partial charge is 0.336 e. The third-order valence-corrected chi connectivity index (χ3v) is 4.20. The van der Waals surface area contributed by atoms with E-state index < -0.39 is 0 Å². The third kappa shape index (κ3) is 4.66. The molecule has 110 valence electrons. The summed E-state index contributed by atoms with van der Waals surface area (Å²) in [7, 11) is 0. The number of nitrogens with one attached hydrogen (secondary N) is 2. The maximum Gasteiger partial charge on any atom is 0.317 e. The van der Waals surface area contributed by atoms with Gasteiger partial charge in [0.25, 0.3) is 0 Å². The standard InChI is InChI=1S/C14H28N4O/c1-2-5-15-12-13-3-7-17(8-4-13)10-11-18-9-6-16-14(18)19/h13,15H,2-12H2,1H3,(H,16,19).